The highest BCUT2D eigenvalue weighted by molar-refractivity contribution is 7.94. The molecule has 0 spiro atoms. The number of hydrogen-bond donors (Lipinski definition) is 0. The summed E-state index contributed by atoms with van der Waals surface area (Å²) < 4.78 is 45.1. The second-order valence-corrected chi connectivity index (χ2v) is 13.7. The van der Waals surface area contributed by atoms with Gasteiger partial charge < -0.3 is 37.8 Å². The maximum Gasteiger partial charge on any atom is 0.185 e. The maximum atomic E-state index is 7.25. The molecule has 0 aliphatic carbocycles. The van der Waals surface area contributed by atoms with Crippen LogP contribution in [0.2, 0.25) is 0 Å². The Morgan fingerprint density at radius 2 is 1.56 bits per heavy atom. The average Bonchev–Trinajstić information content (AvgIpc) is 3.93. The van der Waals surface area contributed by atoms with Crippen LogP contribution in [0.1, 0.15) is 35.8 Å². The van der Waals surface area contributed by atoms with Gasteiger partial charge in [0.25, 0.3) is 0 Å². The Bertz CT molecular complexity index is 1990. The Labute approximate surface area is 321 Å². The van der Waals surface area contributed by atoms with E-state index in [0.717, 1.165) is 53.4 Å². The van der Waals surface area contributed by atoms with E-state index in [0.29, 0.717) is 37.8 Å². The number of fused-ring (bicyclic) bond motifs is 1. The molecule has 2 fully saturated rings. The summed E-state index contributed by atoms with van der Waals surface area (Å²) in [5.74, 6) is 2.93. The van der Waals surface area contributed by atoms with Crippen LogP contribution in [0.4, 0.5) is 5.82 Å². The molecule has 54 heavy (non-hydrogen) atoms. The number of benzene rings is 3. The maximum absolute atomic E-state index is 7.25. The van der Waals surface area contributed by atoms with Crippen LogP contribution in [0.15, 0.2) is 96.5 Å². The van der Waals surface area contributed by atoms with Crippen molar-refractivity contribution >= 4 is 42.2 Å². The van der Waals surface area contributed by atoms with Crippen molar-refractivity contribution in [2.45, 2.75) is 43.0 Å². The summed E-state index contributed by atoms with van der Waals surface area (Å²) in [5, 5.41) is 0. The molecule has 0 unspecified atom stereocenters. The van der Waals surface area contributed by atoms with Crippen molar-refractivity contribution in [2.24, 2.45) is 4.99 Å². The van der Waals surface area contributed by atoms with E-state index in [1.165, 1.54) is 6.33 Å². The van der Waals surface area contributed by atoms with E-state index >= 15 is 0 Å². The molecule has 7 rings (SSSR count). The molecule has 15 heteroatoms. The Morgan fingerprint density at radius 1 is 0.870 bits per heavy atom. The zero-order chi connectivity index (χ0) is 37.5. The summed E-state index contributed by atoms with van der Waals surface area (Å²) in [6.07, 6.45) is 2.51. The lowest BCUT2D eigenvalue weighted by atomic mass is 9.80. The van der Waals surface area contributed by atoms with Crippen molar-refractivity contribution in [1.82, 2.24) is 24.4 Å². The molecule has 2 aliphatic rings. The fourth-order valence-electron chi connectivity index (χ4n) is 7.13. The van der Waals surface area contributed by atoms with Crippen molar-refractivity contribution in [3.8, 4) is 11.5 Å². The predicted octanol–water partition coefficient (Wildman–Crippen LogP) is 6.25. The van der Waals surface area contributed by atoms with Crippen LogP contribution in [-0.2, 0) is 40.9 Å². The smallest absolute Gasteiger partial charge is 0.185 e. The molecule has 3 aromatic carbocycles. The van der Waals surface area contributed by atoms with Crippen LogP contribution in [0, 0.1) is 0 Å². The summed E-state index contributed by atoms with van der Waals surface area (Å²) in [5.41, 5.74) is 2.73. The fourth-order valence-corrected chi connectivity index (χ4v) is 7.79. The number of methoxy groups -OCH3 is 3. The molecule has 0 saturated carbocycles. The Morgan fingerprint density at radius 3 is 2.17 bits per heavy atom. The van der Waals surface area contributed by atoms with Gasteiger partial charge in [-0.25, -0.2) is 19.9 Å². The number of rotatable bonds is 16. The first-order chi connectivity index (χ1) is 26.5. The monoisotopic (exact) mass is 770 g/mol. The molecule has 2 saturated heterocycles. The van der Waals surface area contributed by atoms with Gasteiger partial charge in [-0.1, -0.05) is 54.6 Å². The molecule has 4 heterocycles. The minimum Gasteiger partial charge on any atom is -0.497 e. The Balaban J connectivity index is 1.29. The topological polar surface area (TPSA) is 124 Å². The molecule has 282 valence electrons. The first-order valence-corrected chi connectivity index (χ1v) is 19.5. The summed E-state index contributed by atoms with van der Waals surface area (Å²) in [4.78, 5) is 20.8. The fraction of sp³-hybridized carbons (Fsp3) is 0.385. The number of imidazole rings is 1. The van der Waals surface area contributed by atoms with Crippen LogP contribution in [-0.4, -0.2) is 103 Å². The van der Waals surface area contributed by atoms with Crippen LogP contribution >= 0.6 is 7.58 Å². The highest BCUT2D eigenvalue weighted by atomic mass is 32.4. The number of aromatic nitrogens is 4. The number of hydrogen-bond acceptors (Lipinski definition) is 12. The molecule has 0 amide bonds. The zero-order valence-electron chi connectivity index (χ0n) is 30.6. The second-order valence-electron chi connectivity index (χ2n) is 12.9. The van der Waals surface area contributed by atoms with Crippen LogP contribution in [0.3, 0.4) is 0 Å². The van der Waals surface area contributed by atoms with Crippen molar-refractivity contribution in [3.05, 3.63) is 108 Å². The van der Waals surface area contributed by atoms with Crippen molar-refractivity contribution in [2.75, 3.05) is 54.7 Å². The number of ether oxygens (including phenoxy) is 6. The third-order valence-electron chi connectivity index (χ3n) is 9.87. The molecule has 0 radical (unpaired) electrons. The SMILES string of the molecule is COCCO[C@@H]1[C@H](OP=S)[C@@H](COC(c2ccccc2)(c2ccc(OC)cc2)c2ccc(OC)cc2)O[C@H]1n1cnc2c(/N=C3\CCCN3C)ncnc21. The second kappa shape index (κ2) is 17.4. The van der Waals surface area contributed by atoms with Crippen LogP contribution in [0.25, 0.3) is 11.2 Å². The number of likely N-dealkylation sites (tertiary alicyclic amines) is 1. The van der Waals surface area contributed by atoms with E-state index in [2.05, 4.69) is 27.0 Å². The van der Waals surface area contributed by atoms with E-state index in [4.69, 9.17) is 54.7 Å². The Hall–Kier alpha value is -4.40. The largest absolute Gasteiger partial charge is 0.497 e. The van der Waals surface area contributed by atoms with Crippen molar-refractivity contribution < 1.29 is 32.9 Å². The van der Waals surface area contributed by atoms with Gasteiger partial charge in [-0.15, -0.1) is 0 Å². The lowest BCUT2D eigenvalue weighted by molar-refractivity contribution is -0.0963. The standard InChI is InChI=1S/C39H43N6O7PS/c1-44-20-8-11-32(44)43-36-33-37(41-24-40-36)45(25-42-33)38-35(49-22-21-46-2)34(52-53-54)31(51-38)23-50-39(26-9-6-5-7-10-26,27-12-16-29(47-3)17-13-27)28-14-18-30(48-4)19-15-28/h5-7,9-10,12-19,24-25,31,34-35,38H,8,11,20-23H2,1-4H3/b43-32+/t31-,34-,35-,38-/m1/s1. The molecule has 5 aromatic rings. The van der Waals surface area contributed by atoms with Gasteiger partial charge in [0.05, 0.1) is 40.4 Å². The third kappa shape index (κ3) is 7.60. The molecule has 2 aliphatic heterocycles. The molecule has 0 N–H and O–H groups in total. The zero-order valence-corrected chi connectivity index (χ0v) is 32.3. The van der Waals surface area contributed by atoms with Gasteiger partial charge in [0.15, 0.2) is 23.2 Å². The van der Waals surface area contributed by atoms with Crippen LogP contribution < -0.4 is 9.47 Å². The summed E-state index contributed by atoms with van der Waals surface area (Å²) in [6.45, 7) is 1.71. The number of amidine groups is 1. The molecular formula is C39H43N6O7PS. The van der Waals surface area contributed by atoms with E-state index < -0.39 is 30.1 Å². The average molecular weight is 771 g/mol. The van der Waals surface area contributed by atoms with Crippen molar-refractivity contribution in [3.63, 3.8) is 0 Å². The lowest BCUT2D eigenvalue weighted by Gasteiger charge is -2.37. The summed E-state index contributed by atoms with van der Waals surface area (Å²) >= 11 is 5.37. The minimum atomic E-state index is -1.08. The lowest BCUT2D eigenvalue weighted by Crippen LogP contribution is -2.41. The number of nitrogens with zero attached hydrogens (tertiary/aromatic N) is 6. The van der Waals surface area contributed by atoms with Gasteiger partial charge in [0.2, 0.25) is 0 Å². The van der Waals surface area contributed by atoms with Gasteiger partial charge in [-0.3, -0.25) is 4.57 Å². The molecule has 0 bridgehead atoms. The highest BCUT2D eigenvalue weighted by Gasteiger charge is 2.50. The first-order valence-electron chi connectivity index (χ1n) is 17.7. The van der Waals surface area contributed by atoms with Crippen molar-refractivity contribution in [1.29, 1.82) is 0 Å². The van der Waals surface area contributed by atoms with Gasteiger partial charge in [-0.2, -0.15) is 0 Å². The van der Waals surface area contributed by atoms with Gasteiger partial charge in [-0.05, 0) is 59.2 Å². The quantitative estimate of drug-likeness (QED) is 0.0641. The van der Waals surface area contributed by atoms with E-state index in [9.17, 15) is 0 Å². The molecule has 13 nitrogen and oxygen atoms in total. The summed E-state index contributed by atoms with van der Waals surface area (Å²) in [6, 6.07) is 25.9. The normalized spacial score (nSPS) is 21.0. The van der Waals surface area contributed by atoms with Gasteiger partial charge >= 0.3 is 0 Å². The Kier molecular flexibility index (Phi) is 12.2. The highest BCUT2D eigenvalue weighted by Crippen LogP contribution is 2.44. The third-order valence-corrected chi connectivity index (χ3v) is 10.5. The van der Waals surface area contributed by atoms with E-state index in [1.807, 2.05) is 78.3 Å². The van der Waals surface area contributed by atoms with Gasteiger partial charge in [0, 0.05) is 27.1 Å². The first kappa shape index (κ1) is 37.9. The van der Waals surface area contributed by atoms with E-state index in [1.54, 1.807) is 27.7 Å². The van der Waals surface area contributed by atoms with Gasteiger partial charge in [0.1, 0.15) is 55.2 Å². The molecule has 2 aromatic heterocycles. The molecular weight excluding hydrogens is 728 g/mol. The molecule has 4 atom stereocenters. The minimum absolute atomic E-state index is 0.0932. The van der Waals surface area contributed by atoms with E-state index in [-0.39, 0.29) is 6.61 Å². The number of aliphatic imine (C=N–C) groups is 1. The van der Waals surface area contributed by atoms with Crippen LogP contribution in [0.5, 0.6) is 11.5 Å². The predicted molar refractivity (Wildman–Crippen MR) is 207 cm³/mol. The summed E-state index contributed by atoms with van der Waals surface area (Å²) in [7, 11) is 7.25.